The molecular weight excluding hydrogens is 146 g/mol. The quantitative estimate of drug-likeness (QED) is 0.501. The summed E-state index contributed by atoms with van der Waals surface area (Å²) in [4.78, 5) is 2.45. The molecule has 0 radical (unpaired) electrons. The van der Waals surface area contributed by atoms with Gasteiger partial charge in [0.2, 0.25) is 0 Å². The maximum atomic E-state index is 2.45. The molecule has 70 valence electrons. The first-order valence-electron chi connectivity index (χ1n) is 5.13. The molecule has 12 heavy (non-hydrogen) atoms. The highest BCUT2D eigenvalue weighted by atomic mass is 15.1. The third-order valence-electron chi connectivity index (χ3n) is 2.60. The zero-order chi connectivity index (χ0) is 8.81. The van der Waals surface area contributed by atoms with Crippen molar-refractivity contribution in [3.8, 4) is 0 Å². The molecule has 1 heterocycles. The van der Waals surface area contributed by atoms with E-state index in [0.717, 1.165) is 0 Å². The molecule has 0 saturated heterocycles. The van der Waals surface area contributed by atoms with E-state index in [9.17, 15) is 0 Å². The first-order valence-corrected chi connectivity index (χ1v) is 5.13. The predicted molar refractivity (Wildman–Crippen MR) is 54.3 cm³/mol. The second-order valence-electron chi connectivity index (χ2n) is 3.95. The van der Waals surface area contributed by atoms with Gasteiger partial charge in [0, 0.05) is 0 Å². The van der Waals surface area contributed by atoms with E-state index in [1.165, 1.54) is 45.2 Å². The molecule has 0 bridgehead atoms. The van der Waals surface area contributed by atoms with E-state index >= 15 is 0 Å². The zero-order valence-corrected chi connectivity index (χ0v) is 8.47. The van der Waals surface area contributed by atoms with Crippen molar-refractivity contribution in [2.45, 2.75) is 39.0 Å². The average molecular weight is 167 g/mol. The molecule has 1 aliphatic rings. The fourth-order valence-corrected chi connectivity index (χ4v) is 1.71. The minimum absolute atomic E-state index is 1.27. The van der Waals surface area contributed by atoms with Gasteiger partial charge >= 0.3 is 0 Å². The molecule has 0 saturated carbocycles. The first kappa shape index (κ1) is 9.79. The van der Waals surface area contributed by atoms with Crippen LogP contribution in [0.25, 0.3) is 0 Å². The summed E-state index contributed by atoms with van der Waals surface area (Å²) in [7, 11) is 2.23. The van der Waals surface area contributed by atoms with E-state index in [0.29, 0.717) is 0 Å². The fourth-order valence-electron chi connectivity index (χ4n) is 1.71. The Kier molecular flexibility index (Phi) is 4.37. The van der Waals surface area contributed by atoms with E-state index < -0.39 is 0 Å². The largest absolute Gasteiger partial charge is 0.306 e. The third-order valence-corrected chi connectivity index (χ3v) is 2.60. The van der Waals surface area contributed by atoms with Gasteiger partial charge < -0.3 is 4.90 Å². The molecular formula is C11H21N. The summed E-state index contributed by atoms with van der Waals surface area (Å²) in [6.07, 6.45) is 9.06. The van der Waals surface area contributed by atoms with Crippen molar-refractivity contribution in [2.75, 3.05) is 20.1 Å². The van der Waals surface area contributed by atoms with Crippen LogP contribution in [0.5, 0.6) is 0 Å². The second kappa shape index (κ2) is 5.36. The summed E-state index contributed by atoms with van der Waals surface area (Å²) in [5.41, 5.74) is 1.60. The van der Waals surface area contributed by atoms with Crippen molar-refractivity contribution in [1.82, 2.24) is 4.90 Å². The van der Waals surface area contributed by atoms with Crippen LogP contribution in [0.3, 0.4) is 0 Å². The molecule has 0 N–H and O–H groups in total. The lowest BCUT2D eigenvalue weighted by Gasteiger charge is -2.17. The maximum Gasteiger partial charge on any atom is -0.00188 e. The Balaban J connectivity index is 2.33. The lowest BCUT2D eigenvalue weighted by molar-refractivity contribution is 0.320. The lowest BCUT2D eigenvalue weighted by atomic mass is 10.1. The van der Waals surface area contributed by atoms with Crippen molar-refractivity contribution in [3.05, 3.63) is 11.6 Å². The Hall–Kier alpha value is -0.300. The molecule has 0 aromatic carbocycles. The van der Waals surface area contributed by atoms with Crippen LogP contribution in [0.1, 0.15) is 39.0 Å². The summed E-state index contributed by atoms with van der Waals surface area (Å²) < 4.78 is 0. The summed E-state index contributed by atoms with van der Waals surface area (Å²) >= 11 is 0. The van der Waals surface area contributed by atoms with Crippen LogP contribution >= 0.6 is 0 Å². The van der Waals surface area contributed by atoms with Crippen molar-refractivity contribution < 1.29 is 0 Å². The Morgan fingerprint density at radius 3 is 2.75 bits per heavy atom. The molecule has 0 aromatic heterocycles. The molecule has 0 amide bonds. The maximum absolute atomic E-state index is 2.45. The van der Waals surface area contributed by atoms with Gasteiger partial charge in [-0.1, -0.05) is 11.6 Å². The van der Waals surface area contributed by atoms with Gasteiger partial charge in [-0.15, -0.1) is 0 Å². The predicted octanol–water partition coefficient (Wildman–Crippen LogP) is 2.83. The van der Waals surface area contributed by atoms with Gasteiger partial charge in [0.1, 0.15) is 0 Å². The standard InChI is InChI=1S/C11H21N/c1-11-7-3-5-9-12(2)10-6-4-8-11/h7H,3-6,8-10H2,1-2H3/b11-7-. The Morgan fingerprint density at radius 1 is 1.17 bits per heavy atom. The molecule has 1 heteroatoms. The van der Waals surface area contributed by atoms with Crippen LogP contribution in [0.2, 0.25) is 0 Å². The topological polar surface area (TPSA) is 3.24 Å². The normalized spacial score (nSPS) is 27.7. The number of hydrogen-bond donors (Lipinski definition) is 0. The van der Waals surface area contributed by atoms with Gasteiger partial charge in [0.05, 0.1) is 0 Å². The molecule has 0 unspecified atom stereocenters. The molecule has 1 rings (SSSR count). The van der Waals surface area contributed by atoms with E-state index in [2.05, 4.69) is 24.9 Å². The smallest absolute Gasteiger partial charge is 0.00188 e. The minimum atomic E-state index is 1.27. The summed E-state index contributed by atoms with van der Waals surface area (Å²) in [6.45, 7) is 4.82. The third kappa shape index (κ3) is 3.91. The van der Waals surface area contributed by atoms with Crippen molar-refractivity contribution >= 4 is 0 Å². The molecule has 0 spiro atoms. The minimum Gasteiger partial charge on any atom is -0.306 e. The van der Waals surface area contributed by atoms with Crippen LogP contribution in [0.15, 0.2) is 11.6 Å². The Morgan fingerprint density at radius 2 is 1.92 bits per heavy atom. The number of hydrogen-bond acceptors (Lipinski definition) is 1. The van der Waals surface area contributed by atoms with Crippen LogP contribution in [0, 0.1) is 0 Å². The fraction of sp³-hybridized carbons (Fsp3) is 0.818. The molecule has 0 aliphatic carbocycles. The first-order chi connectivity index (χ1) is 5.79. The van der Waals surface area contributed by atoms with Crippen molar-refractivity contribution in [1.29, 1.82) is 0 Å². The summed E-state index contributed by atoms with van der Waals surface area (Å²) in [6, 6.07) is 0. The molecule has 1 nitrogen and oxygen atoms in total. The van der Waals surface area contributed by atoms with Crippen molar-refractivity contribution in [3.63, 3.8) is 0 Å². The zero-order valence-electron chi connectivity index (χ0n) is 8.47. The van der Waals surface area contributed by atoms with Gasteiger partial charge in [-0.3, -0.25) is 0 Å². The lowest BCUT2D eigenvalue weighted by Crippen LogP contribution is -2.21. The monoisotopic (exact) mass is 167 g/mol. The SMILES string of the molecule is C/C1=C/CCCN(C)CCCC1. The average Bonchev–Trinajstić information content (AvgIpc) is 2.06. The number of rotatable bonds is 0. The number of nitrogens with zero attached hydrogens (tertiary/aromatic N) is 1. The summed E-state index contributed by atoms with van der Waals surface area (Å²) in [5.74, 6) is 0. The van der Waals surface area contributed by atoms with E-state index in [1.807, 2.05) is 0 Å². The molecule has 0 fully saturated rings. The number of allylic oxidation sites excluding steroid dienone is 2. The van der Waals surface area contributed by atoms with Crippen LogP contribution in [0.4, 0.5) is 0 Å². The van der Waals surface area contributed by atoms with Gasteiger partial charge in [-0.2, -0.15) is 0 Å². The summed E-state index contributed by atoms with van der Waals surface area (Å²) in [5, 5.41) is 0. The van der Waals surface area contributed by atoms with Crippen LogP contribution < -0.4 is 0 Å². The van der Waals surface area contributed by atoms with Gasteiger partial charge in [-0.25, -0.2) is 0 Å². The van der Waals surface area contributed by atoms with Gasteiger partial charge in [-0.05, 0) is 59.2 Å². The van der Waals surface area contributed by atoms with Crippen molar-refractivity contribution in [2.24, 2.45) is 0 Å². The Labute approximate surface area is 76.5 Å². The second-order valence-corrected chi connectivity index (χ2v) is 3.95. The highest BCUT2D eigenvalue weighted by Crippen LogP contribution is 2.11. The molecule has 1 aliphatic heterocycles. The molecule has 0 atom stereocenters. The van der Waals surface area contributed by atoms with Crippen LogP contribution in [-0.4, -0.2) is 25.0 Å². The van der Waals surface area contributed by atoms with Gasteiger partial charge in [0.15, 0.2) is 0 Å². The highest BCUT2D eigenvalue weighted by molar-refractivity contribution is 4.97. The van der Waals surface area contributed by atoms with E-state index in [4.69, 9.17) is 0 Å². The highest BCUT2D eigenvalue weighted by Gasteiger charge is 2.00. The van der Waals surface area contributed by atoms with Crippen LogP contribution in [-0.2, 0) is 0 Å². The molecule has 0 aromatic rings. The Bertz CT molecular complexity index is 149. The van der Waals surface area contributed by atoms with E-state index in [-0.39, 0.29) is 0 Å². The van der Waals surface area contributed by atoms with E-state index in [1.54, 1.807) is 5.57 Å². The van der Waals surface area contributed by atoms with Gasteiger partial charge in [0.25, 0.3) is 0 Å².